The van der Waals surface area contributed by atoms with Crippen molar-refractivity contribution in [1.82, 2.24) is 5.32 Å². The van der Waals surface area contributed by atoms with Gasteiger partial charge in [-0.1, -0.05) is 44.3 Å². The molecule has 4 heteroatoms. The first-order valence-electron chi connectivity index (χ1n) is 8.31. The molecule has 4 nitrogen and oxygen atoms in total. The van der Waals surface area contributed by atoms with Gasteiger partial charge < -0.3 is 10.1 Å². The molecular weight excluding hydrogens is 266 g/mol. The van der Waals surface area contributed by atoms with Gasteiger partial charge in [0.05, 0.1) is 6.61 Å². The van der Waals surface area contributed by atoms with E-state index in [1.54, 1.807) is 0 Å². The second-order valence-electron chi connectivity index (χ2n) is 5.66. The number of ether oxygens (including phenoxy) is 1. The highest BCUT2D eigenvalue weighted by atomic mass is 16.5. The van der Waals surface area contributed by atoms with E-state index in [1.165, 1.54) is 38.5 Å². The van der Waals surface area contributed by atoms with Crippen LogP contribution in [0.1, 0.15) is 71.1 Å². The third kappa shape index (κ3) is 8.53. The van der Waals surface area contributed by atoms with E-state index in [0.717, 1.165) is 12.8 Å². The third-order valence-electron chi connectivity index (χ3n) is 3.77. The molecule has 21 heavy (non-hydrogen) atoms. The average molecular weight is 295 g/mol. The van der Waals surface area contributed by atoms with Crippen molar-refractivity contribution in [3.63, 3.8) is 0 Å². The van der Waals surface area contributed by atoms with Crippen LogP contribution in [-0.2, 0) is 14.3 Å². The molecule has 1 heterocycles. The Labute approximate surface area is 128 Å². The van der Waals surface area contributed by atoms with Gasteiger partial charge in [-0.05, 0) is 32.6 Å². The quantitative estimate of drug-likeness (QED) is 0.360. The molecule has 0 radical (unpaired) electrons. The number of carbonyl (C=O) groups excluding carboxylic acids is 2. The average Bonchev–Trinajstić information content (AvgIpc) is 2.91. The number of unbranched alkanes of at least 4 members (excludes halogenated alkanes) is 7. The largest absolute Gasteiger partial charge is 0.464 e. The maximum atomic E-state index is 11.6. The van der Waals surface area contributed by atoms with Crippen molar-refractivity contribution < 1.29 is 14.3 Å². The van der Waals surface area contributed by atoms with Crippen LogP contribution < -0.4 is 5.32 Å². The summed E-state index contributed by atoms with van der Waals surface area (Å²) in [5.41, 5.74) is 0. The molecule has 1 amide bonds. The Kier molecular flexibility index (Phi) is 9.58. The Bertz CT molecular complexity index is 339. The van der Waals surface area contributed by atoms with Crippen LogP contribution in [0, 0.1) is 0 Å². The van der Waals surface area contributed by atoms with Crippen LogP contribution >= 0.6 is 0 Å². The Morgan fingerprint density at radius 2 is 1.86 bits per heavy atom. The minimum Gasteiger partial charge on any atom is -0.464 e. The van der Waals surface area contributed by atoms with Gasteiger partial charge in [-0.2, -0.15) is 0 Å². The van der Waals surface area contributed by atoms with Gasteiger partial charge in [0, 0.05) is 6.42 Å². The van der Waals surface area contributed by atoms with Crippen molar-refractivity contribution in [1.29, 1.82) is 0 Å². The van der Waals surface area contributed by atoms with Gasteiger partial charge in [-0.3, -0.25) is 4.79 Å². The summed E-state index contributed by atoms with van der Waals surface area (Å²) in [4.78, 5) is 22.6. The van der Waals surface area contributed by atoms with Crippen molar-refractivity contribution in [2.45, 2.75) is 77.2 Å². The van der Waals surface area contributed by atoms with Crippen molar-refractivity contribution in [2.24, 2.45) is 0 Å². The first-order chi connectivity index (χ1) is 10.2. The molecule has 0 saturated carbocycles. The summed E-state index contributed by atoms with van der Waals surface area (Å²) in [6.07, 6.45) is 14.9. The number of nitrogens with one attached hydrogen (secondary N) is 1. The molecule has 120 valence electrons. The topological polar surface area (TPSA) is 55.4 Å². The summed E-state index contributed by atoms with van der Waals surface area (Å²) in [6.45, 7) is 2.54. The first-order valence-corrected chi connectivity index (χ1v) is 8.31. The summed E-state index contributed by atoms with van der Waals surface area (Å²) >= 11 is 0. The lowest BCUT2D eigenvalue weighted by atomic mass is 10.1. The van der Waals surface area contributed by atoms with E-state index in [2.05, 4.69) is 24.4 Å². The number of allylic oxidation sites excluding steroid dienone is 2. The van der Waals surface area contributed by atoms with Crippen molar-refractivity contribution in [2.75, 3.05) is 6.61 Å². The fourth-order valence-electron chi connectivity index (χ4n) is 2.48. The zero-order valence-electron chi connectivity index (χ0n) is 13.2. The van der Waals surface area contributed by atoms with Gasteiger partial charge in [-0.25, -0.2) is 4.79 Å². The molecule has 1 fully saturated rings. The number of hydrogen-bond donors (Lipinski definition) is 1. The van der Waals surface area contributed by atoms with Crippen LogP contribution in [0.4, 0.5) is 0 Å². The molecule has 0 bridgehead atoms. The van der Waals surface area contributed by atoms with E-state index in [4.69, 9.17) is 4.74 Å². The highest BCUT2D eigenvalue weighted by Crippen LogP contribution is 2.10. The summed E-state index contributed by atoms with van der Waals surface area (Å²) in [5.74, 6) is -0.323. The molecular formula is C17H29NO3. The predicted molar refractivity (Wildman–Crippen MR) is 83.9 cm³/mol. The van der Waals surface area contributed by atoms with Crippen LogP contribution in [0.2, 0.25) is 0 Å². The maximum Gasteiger partial charge on any atom is 0.328 e. The number of hydrogen-bond acceptors (Lipinski definition) is 3. The number of carbonyl (C=O) groups is 2. The Morgan fingerprint density at radius 1 is 1.19 bits per heavy atom. The molecule has 0 spiro atoms. The van der Waals surface area contributed by atoms with E-state index >= 15 is 0 Å². The highest BCUT2D eigenvalue weighted by Gasteiger charge is 2.28. The number of amides is 1. The van der Waals surface area contributed by atoms with Crippen LogP contribution in [0.15, 0.2) is 12.2 Å². The molecule has 0 aliphatic carbocycles. The maximum absolute atomic E-state index is 11.6. The molecule has 1 atom stereocenters. The van der Waals surface area contributed by atoms with Crippen LogP contribution in [0.5, 0.6) is 0 Å². The molecule has 0 unspecified atom stereocenters. The Hall–Kier alpha value is -1.32. The second-order valence-corrected chi connectivity index (χ2v) is 5.66. The van der Waals surface area contributed by atoms with Crippen molar-refractivity contribution >= 4 is 11.9 Å². The second kappa shape index (κ2) is 11.4. The fraction of sp³-hybridized carbons (Fsp3) is 0.765. The summed E-state index contributed by atoms with van der Waals surface area (Å²) in [7, 11) is 0. The van der Waals surface area contributed by atoms with Gasteiger partial charge in [0.1, 0.15) is 6.04 Å². The third-order valence-corrected chi connectivity index (χ3v) is 3.77. The first kappa shape index (κ1) is 17.7. The van der Waals surface area contributed by atoms with Gasteiger partial charge in [0.25, 0.3) is 0 Å². The summed E-state index contributed by atoms with van der Waals surface area (Å²) < 4.78 is 5.19. The Balaban J connectivity index is 1.84. The summed E-state index contributed by atoms with van der Waals surface area (Å²) in [5, 5.41) is 2.63. The zero-order valence-corrected chi connectivity index (χ0v) is 13.2. The lowest BCUT2D eigenvalue weighted by molar-refractivity contribution is -0.146. The predicted octanol–water partition coefficient (Wildman–Crippen LogP) is 3.51. The molecule has 0 aromatic carbocycles. The van der Waals surface area contributed by atoms with Gasteiger partial charge >= 0.3 is 5.97 Å². The lowest BCUT2D eigenvalue weighted by Gasteiger charge is -2.09. The Morgan fingerprint density at radius 3 is 2.48 bits per heavy atom. The van der Waals surface area contributed by atoms with Crippen molar-refractivity contribution in [3.8, 4) is 0 Å². The monoisotopic (exact) mass is 295 g/mol. The fourth-order valence-corrected chi connectivity index (χ4v) is 2.48. The minimum atomic E-state index is -0.408. The lowest BCUT2D eigenvalue weighted by Crippen LogP contribution is -2.34. The smallest absolute Gasteiger partial charge is 0.328 e. The van der Waals surface area contributed by atoms with Gasteiger partial charge in [0.15, 0.2) is 0 Å². The molecule has 0 aromatic rings. The van der Waals surface area contributed by atoms with E-state index in [0.29, 0.717) is 19.4 Å². The molecule has 1 aliphatic rings. The number of rotatable bonds is 11. The zero-order chi connectivity index (χ0) is 15.3. The minimum absolute atomic E-state index is 0.0497. The molecule has 1 N–H and O–H groups in total. The van der Waals surface area contributed by atoms with E-state index in [9.17, 15) is 9.59 Å². The standard InChI is InChI=1S/C17H29NO3/c1-2-3-4-5-6-7-8-9-10-11-14-21-17(20)15-12-13-16(19)18-15/h2-3,15H,4-14H2,1H3,(H,18,19)/b3-2+/t15-/m0/s1. The van der Waals surface area contributed by atoms with Gasteiger partial charge in [0.2, 0.25) is 5.91 Å². The molecule has 1 aliphatic heterocycles. The molecule has 1 saturated heterocycles. The normalized spacial score (nSPS) is 18.1. The molecule has 1 rings (SSSR count). The van der Waals surface area contributed by atoms with Crippen LogP contribution in [0.25, 0.3) is 0 Å². The SMILES string of the molecule is C/C=C/CCCCCCCCCOC(=O)[C@@H]1CCC(=O)N1. The molecule has 0 aromatic heterocycles. The van der Waals surface area contributed by atoms with Crippen LogP contribution in [0.3, 0.4) is 0 Å². The number of esters is 1. The van der Waals surface area contributed by atoms with E-state index < -0.39 is 6.04 Å². The van der Waals surface area contributed by atoms with Gasteiger partial charge in [-0.15, -0.1) is 0 Å². The van der Waals surface area contributed by atoms with E-state index in [-0.39, 0.29) is 11.9 Å². The van der Waals surface area contributed by atoms with Crippen LogP contribution in [-0.4, -0.2) is 24.5 Å². The summed E-state index contributed by atoms with van der Waals surface area (Å²) in [6, 6.07) is -0.408. The van der Waals surface area contributed by atoms with Crippen molar-refractivity contribution in [3.05, 3.63) is 12.2 Å². The highest BCUT2D eigenvalue weighted by molar-refractivity contribution is 5.87. The van der Waals surface area contributed by atoms with E-state index in [1.807, 2.05) is 0 Å².